The molecule has 1 aromatic carbocycles. The van der Waals surface area contributed by atoms with Crippen LogP contribution in [0.1, 0.15) is 11.5 Å². The average molecular weight is 392 g/mol. The van der Waals surface area contributed by atoms with Gasteiger partial charge in [0.05, 0.1) is 26.3 Å². The molecule has 0 saturated carbocycles. The van der Waals surface area contributed by atoms with E-state index in [0.29, 0.717) is 0 Å². The van der Waals surface area contributed by atoms with E-state index in [1.165, 1.54) is 24.3 Å². The highest BCUT2D eigenvalue weighted by Gasteiger charge is 2.41. The highest BCUT2D eigenvalue weighted by Crippen LogP contribution is 2.31. The second kappa shape index (κ2) is 9.40. The third kappa shape index (κ3) is 5.22. The molecular formula is C18H17FN2O7. The Kier molecular flexibility index (Phi) is 6.96. The van der Waals surface area contributed by atoms with E-state index in [1.54, 1.807) is 6.07 Å². The van der Waals surface area contributed by atoms with Crippen LogP contribution >= 0.6 is 0 Å². The lowest BCUT2D eigenvalue weighted by molar-refractivity contribution is -0.484. The molecule has 0 saturated heterocycles. The number of benzene rings is 1. The van der Waals surface area contributed by atoms with Gasteiger partial charge in [-0.15, -0.1) is 0 Å². The van der Waals surface area contributed by atoms with E-state index < -0.39 is 41.1 Å². The lowest BCUT2D eigenvalue weighted by Gasteiger charge is -2.21. The second-order valence-corrected chi connectivity index (χ2v) is 5.63. The Morgan fingerprint density at radius 3 is 2.39 bits per heavy atom. The van der Waals surface area contributed by atoms with E-state index in [9.17, 15) is 24.1 Å². The number of aromatic nitrogens is 1. The van der Waals surface area contributed by atoms with Crippen LogP contribution in [0.5, 0.6) is 11.6 Å². The fraction of sp³-hybridized carbons (Fsp3) is 0.278. The largest absolute Gasteiger partial charge is 0.468 e. The van der Waals surface area contributed by atoms with Crippen molar-refractivity contribution in [1.29, 1.82) is 0 Å². The van der Waals surface area contributed by atoms with Crippen molar-refractivity contribution >= 4 is 11.9 Å². The quantitative estimate of drug-likeness (QED) is 0.291. The zero-order valence-corrected chi connectivity index (χ0v) is 15.0. The highest BCUT2D eigenvalue weighted by atomic mass is 19.1. The van der Waals surface area contributed by atoms with Gasteiger partial charge < -0.3 is 14.2 Å². The normalized spacial score (nSPS) is 11.6. The molecule has 0 bridgehead atoms. The van der Waals surface area contributed by atoms with Crippen LogP contribution in [0.15, 0.2) is 42.6 Å². The second-order valence-electron chi connectivity index (χ2n) is 5.63. The Labute approximate surface area is 159 Å². The van der Waals surface area contributed by atoms with E-state index >= 15 is 0 Å². The van der Waals surface area contributed by atoms with Gasteiger partial charge >= 0.3 is 11.9 Å². The van der Waals surface area contributed by atoms with Gasteiger partial charge in [-0.05, 0) is 23.8 Å². The summed E-state index contributed by atoms with van der Waals surface area (Å²) in [4.78, 5) is 38.5. The number of nitrogens with zero attached hydrogens (tertiary/aromatic N) is 2. The molecule has 1 unspecified atom stereocenters. The fourth-order valence-corrected chi connectivity index (χ4v) is 2.59. The molecule has 9 nitrogen and oxygen atoms in total. The standard InChI is InChI=1S/C18H17FN2O7/c1-26-17(22)16(18(23)27-2)14(10-21(24)25)11-4-3-5-13(8-11)28-15-7-6-12(19)9-20-15/h3-9,14,16H,10H2,1-2H3. The summed E-state index contributed by atoms with van der Waals surface area (Å²) in [6.07, 6.45) is 0.971. The number of esters is 2. The summed E-state index contributed by atoms with van der Waals surface area (Å²) < 4.78 is 27.7. The summed E-state index contributed by atoms with van der Waals surface area (Å²) in [5, 5.41) is 11.1. The first kappa shape index (κ1) is 20.7. The maximum atomic E-state index is 13.0. The predicted molar refractivity (Wildman–Crippen MR) is 92.8 cm³/mol. The number of carbonyl (C=O) groups is 2. The number of halogens is 1. The van der Waals surface area contributed by atoms with Crippen molar-refractivity contribution in [3.63, 3.8) is 0 Å². The van der Waals surface area contributed by atoms with Gasteiger partial charge in [-0.1, -0.05) is 12.1 Å². The van der Waals surface area contributed by atoms with Gasteiger partial charge in [0.2, 0.25) is 12.4 Å². The molecule has 2 aromatic rings. The van der Waals surface area contributed by atoms with E-state index in [-0.39, 0.29) is 17.2 Å². The summed E-state index contributed by atoms with van der Waals surface area (Å²) >= 11 is 0. The van der Waals surface area contributed by atoms with Gasteiger partial charge in [0.1, 0.15) is 11.6 Å². The summed E-state index contributed by atoms with van der Waals surface area (Å²) in [7, 11) is 2.14. The molecule has 148 valence electrons. The van der Waals surface area contributed by atoms with E-state index in [1.807, 2.05) is 0 Å². The van der Waals surface area contributed by atoms with Crippen LogP contribution in [0.4, 0.5) is 4.39 Å². The zero-order valence-electron chi connectivity index (χ0n) is 15.0. The fourth-order valence-electron chi connectivity index (χ4n) is 2.59. The van der Waals surface area contributed by atoms with Gasteiger partial charge in [0.15, 0.2) is 5.92 Å². The van der Waals surface area contributed by atoms with Crippen LogP contribution in [-0.4, -0.2) is 42.6 Å². The van der Waals surface area contributed by atoms with Gasteiger partial charge in [-0.2, -0.15) is 0 Å². The number of pyridine rings is 1. The summed E-state index contributed by atoms with van der Waals surface area (Å²) in [5.41, 5.74) is 0.289. The first-order valence-electron chi connectivity index (χ1n) is 8.02. The number of hydrogen-bond donors (Lipinski definition) is 0. The van der Waals surface area contributed by atoms with Gasteiger partial charge in [-0.25, -0.2) is 9.37 Å². The van der Waals surface area contributed by atoms with Gasteiger partial charge in [0, 0.05) is 11.0 Å². The van der Waals surface area contributed by atoms with Crippen molar-refractivity contribution in [3.8, 4) is 11.6 Å². The van der Waals surface area contributed by atoms with Crippen molar-refractivity contribution in [2.24, 2.45) is 5.92 Å². The third-order valence-electron chi connectivity index (χ3n) is 3.87. The zero-order chi connectivity index (χ0) is 20.7. The predicted octanol–water partition coefficient (Wildman–Crippen LogP) is 2.34. The molecule has 10 heteroatoms. The SMILES string of the molecule is COC(=O)C(C(=O)OC)C(C[N+](=O)[O-])c1cccc(Oc2ccc(F)cn2)c1. The first-order chi connectivity index (χ1) is 13.3. The Hall–Kier alpha value is -3.56. The molecule has 0 aliphatic rings. The lowest BCUT2D eigenvalue weighted by atomic mass is 9.85. The summed E-state index contributed by atoms with van der Waals surface area (Å²) in [5.74, 6) is -4.79. The van der Waals surface area contributed by atoms with Crippen LogP contribution in [-0.2, 0) is 19.1 Å². The molecule has 0 fully saturated rings. The molecule has 2 rings (SSSR count). The smallest absolute Gasteiger partial charge is 0.320 e. The van der Waals surface area contributed by atoms with Crippen molar-refractivity contribution in [2.45, 2.75) is 5.92 Å². The van der Waals surface area contributed by atoms with E-state index in [2.05, 4.69) is 14.5 Å². The molecule has 1 aromatic heterocycles. The summed E-state index contributed by atoms with van der Waals surface area (Å²) in [6.45, 7) is -0.715. The molecule has 0 N–H and O–H groups in total. The Bertz CT molecular complexity index is 841. The Balaban J connectivity index is 2.39. The van der Waals surface area contributed by atoms with Crippen molar-refractivity contribution < 1.29 is 33.1 Å². The minimum atomic E-state index is -1.53. The minimum Gasteiger partial charge on any atom is -0.468 e. The Morgan fingerprint density at radius 1 is 1.18 bits per heavy atom. The summed E-state index contributed by atoms with van der Waals surface area (Å²) in [6, 6.07) is 8.49. The number of carbonyl (C=O) groups excluding carboxylic acids is 2. The molecule has 1 atom stereocenters. The number of nitro groups is 1. The van der Waals surface area contributed by atoms with Crippen molar-refractivity contribution in [2.75, 3.05) is 20.8 Å². The molecule has 0 radical (unpaired) electrons. The number of methoxy groups -OCH3 is 2. The molecule has 0 aliphatic heterocycles. The van der Waals surface area contributed by atoms with Crippen LogP contribution in [0.25, 0.3) is 0 Å². The van der Waals surface area contributed by atoms with Crippen LogP contribution < -0.4 is 4.74 Å². The number of ether oxygens (including phenoxy) is 3. The van der Waals surface area contributed by atoms with Crippen LogP contribution in [0.3, 0.4) is 0 Å². The maximum Gasteiger partial charge on any atom is 0.320 e. The van der Waals surface area contributed by atoms with Gasteiger partial charge in [-0.3, -0.25) is 19.7 Å². The molecule has 1 heterocycles. The molecule has 0 aliphatic carbocycles. The molecule has 0 spiro atoms. The third-order valence-corrected chi connectivity index (χ3v) is 3.87. The lowest BCUT2D eigenvalue weighted by Crippen LogP contribution is -2.35. The molecular weight excluding hydrogens is 375 g/mol. The maximum absolute atomic E-state index is 13.0. The number of rotatable bonds is 8. The van der Waals surface area contributed by atoms with E-state index in [4.69, 9.17) is 4.74 Å². The van der Waals surface area contributed by atoms with Crippen LogP contribution in [0.2, 0.25) is 0 Å². The van der Waals surface area contributed by atoms with Crippen LogP contribution in [0, 0.1) is 21.8 Å². The topological polar surface area (TPSA) is 118 Å². The molecule has 28 heavy (non-hydrogen) atoms. The minimum absolute atomic E-state index is 0.0989. The first-order valence-corrected chi connectivity index (χ1v) is 8.02. The average Bonchev–Trinajstić information content (AvgIpc) is 2.68. The molecule has 0 amide bonds. The number of hydrogen-bond acceptors (Lipinski definition) is 8. The van der Waals surface area contributed by atoms with Crippen molar-refractivity contribution in [1.82, 2.24) is 4.98 Å². The monoisotopic (exact) mass is 392 g/mol. The van der Waals surface area contributed by atoms with E-state index in [0.717, 1.165) is 26.5 Å². The van der Waals surface area contributed by atoms with Crippen molar-refractivity contribution in [3.05, 3.63) is 64.1 Å². The Morgan fingerprint density at radius 2 is 1.86 bits per heavy atom. The highest BCUT2D eigenvalue weighted by molar-refractivity contribution is 5.96. The van der Waals surface area contributed by atoms with Gasteiger partial charge in [0.25, 0.3) is 0 Å².